The van der Waals surface area contributed by atoms with Gasteiger partial charge in [0.15, 0.2) is 0 Å². The first-order chi connectivity index (χ1) is 11.9. The highest BCUT2D eigenvalue weighted by molar-refractivity contribution is 9.10. The Balaban J connectivity index is 1.81. The number of fused-ring (bicyclic) bond motifs is 1. The van der Waals surface area contributed by atoms with Crippen molar-refractivity contribution in [2.45, 2.75) is 18.4 Å². The molecule has 1 aliphatic rings. The lowest BCUT2D eigenvalue weighted by atomic mass is 10.2. The van der Waals surface area contributed by atoms with Gasteiger partial charge in [0.2, 0.25) is 0 Å². The van der Waals surface area contributed by atoms with Gasteiger partial charge in [-0.2, -0.15) is 8.42 Å². The van der Waals surface area contributed by atoms with Gasteiger partial charge in [0.1, 0.15) is 16.5 Å². The maximum absolute atomic E-state index is 14.0. The minimum Gasteiger partial charge on any atom is -0.341 e. The summed E-state index contributed by atoms with van der Waals surface area (Å²) in [5, 5.41) is 3.06. The van der Waals surface area contributed by atoms with Gasteiger partial charge in [-0.3, -0.25) is 4.90 Å². The standard InChI is InChI=1S/C17H17BrFN3O2S/c1-2-22(10-12-9-13(18)7-8-14(12)19)11-17-20-15-5-3-4-6-16(15)25(23,24)21-17/h3-9H,2,10-11H2,1H3,(H,20,21). The third kappa shape index (κ3) is 4.08. The van der Waals surface area contributed by atoms with E-state index in [4.69, 9.17) is 0 Å². The highest BCUT2D eigenvalue weighted by Gasteiger charge is 2.25. The lowest BCUT2D eigenvalue weighted by Gasteiger charge is -2.24. The second kappa shape index (κ2) is 7.23. The van der Waals surface area contributed by atoms with Crippen LogP contribution < -0.4 is 5.32 Å². The number of para-hydroxylation sites is 1. The van der Waals surface area contributed by atoms with Gasteiger partial charge < -0.3 is 5.32 Å². The van der Waals surface area contributed by atoms with Crippen molar-refractivity contribution in [3.8, 4) is 0 Å². The van der Waals surface area contributed by atoms with Gasteiger partial charge in [-0.15, -0.1) is 4.40 Å². The topological polar surface area (TPSA) is 61.8 Å². The molecule has 1 N–H and O–H groups in total. The van der Waals surface area contributed by atoms with Crippen molar-refractivity contribution >= 4 is 37.5 Å². The molecule has 0 saturated heterocycles. The highest BCUT2D eigenvalue weighted by Crippen LogP contribution is 2.27. The van der Waals surface area contributed by atoms with Crippen LogP contribution in [-0.2, 0) is 16.6 Å². The van der Waals surface area contributed by atoms with Crippen LogP contribution in [0.3, 0.4) is 0 Å². The largest absolute Gasteiger partial charge is 0.341 e. The van der Waals surface area contributed by atoms with E-state index in [-0.39, 0.29) is 17.3 Å². The SMILES string of the molecule is CCN(CC1=NS(=O)(=O)c2ccccc2N1)Cc1cc(Br)ccc1F. The molecule has 5 nitrogen and oxygen atoms in total. The zero-order valence-electron chi connectivity index (χ0n) is 13.5. The van der Waals surface area contributed by atoms with Gasteiger partial charge in [0.05, 0.1) is 12.2 Å². The summed E-state index contributed by atoms with van der Waals surface area (Å²) in [5.41, 5.74) is 1.05. The number of nitrogens with zero attached hydrogens (tertiary/aromatic N) is 2. The van der Waals surface area contributed by atoms with E-state index in [0.29, 0.717) is 30.2 Å². The summed E-state index contributed by atoms with van der Waals surface area (Å²) in [6.45, 7) is 3.18. The molecule has 1 heterocycles. The third-order valence-corrected chi connectivity index (χ3v) is 5.76. The molecule has 0 unspecified atom stereocenters. The molecule has 3 rings (SSSR count). The first-order valence-corrected chi connectivity index (χ1v) is 9.98. The van der Waals surface area contributed by atoms with Crippen molar-refractivity contribution in [3.63, 3.8) is 0 Å². The smallest absolute Gasteiger partial charge is 0.286 e. The monoisotopic (exact) mass is 425 g/mol. The number of likely N-dealkylation sites (N-methyl/N-ethyl adjacent to an activating group) is 1. The van der Waals surface area contributed by atoms with Crippen LogP contribution in [0, 0.1) is 5.82 Å². The maximum atomic E-state index is 14.0. The summed E-state index contributed by atoms with van der Waals surface area (Å²) >= 11 is 3.34. The minimum absolute atomic E-state index is 0.167. The number of rotatable bonds is 5. The minimum atomic E-state index is -3.72. The molecule has 0 spiro atoms. The van der Waals surface area contributed by atoms with E-state index in [1.807, 2.05) is 11.8 Å². The highest BCUT2D eigenvalue weighted by atomic mass is 79.9. The number of amidine groups is 1. The molecule has 2 aromatic rings. The molecular formula is C17H17BrFN3O2S. The van der Waals surface area contributed by atoms with E-state index in [0.717, 1.165) is 4.47 Å². The maximum Gasteiger partial charge on any atom is 0.286 e. The van der Waals surface area contributed by atoms with E-state index < -0.39 is 10.0 Å². The van der Waals surface area contributed by atoms with Crippen molar-refractivity contribution in [2.75, 3.05) is 18.4 Å². The van der Waals surface area contributed by atoms with Crippen LogP contribution in [0.1, 0.15) is 12.5 Å². The molecule has 0 fully saturated rings. The van der Waals surface area contributed by atoms with Gasteiger partial charge in [-0.05, 0) is 36.9 Å². The van der Waals surface area contributed by atoms with Crippen LogP contribution in [0.2, 0.25) is 0 Å². The Morgan fingerprint density at radius 2 is 1.96 bits per heavy atom. The number of nitrogens with one attached hydrogen (secondary N) is 1. The normalized spacial score (nSPS) is 15.4. The first kappa shape index (κ1) is 18.0. The molecule has 1 aliphatic heterocycles. The molecule has 0 radical (unpaired) electrons. The van der Waals surface area contributed by atoms with Crippen molar-refractivity contribution < 1.29 is 12.8 Å². The number of benzene rings is 2. The van der Waals surface area contributed by atoms with E-state index >= 15 is 0 Å². The Labute approximate surface area is 154 Å². The molecular weight excluding hydrogens is 409 g/mol. The molecule has 0 amide bonds. The molecule has 0 aliphatic carbocycles. The van der Waals surface area contributed by atoms with Crippen LogP contribution in [0.25, 0.3) is 0 Å². The van der Waals surface area contributed by atoms with Gasteiger partial charge in [-0.1, -0.05) is 35.0 Å². The Bertz CT molecular complexity index is 931. The van der Waals surface area contributed by atoms with Gasteiger partial charge in [0.25, 0.3) is 10.0 Å². The lowest BCUT2D eigenvalue weighted by molar-refractivity contribution is 0.315. The molecule has 25 heavy (non-hydrogen) atoms. The van der Waals surface area contributed by atoms with Gasteiger partial charge in [0, 0.05) is 16.6 Å². The first-order valence-electron chi connectivity index (χ1n) is 7.75. The molecule has 0 saturated carbocycles. The molecule has 0 atom stereocenters. The summed E-state index contributed by atoms with van der Waals surface area (Å²) in [6, 6.07) is 11.4. The zero-order valence-corrected chi connectivity index (χ0v) is 15.9. The van der Waals surface area contributed by atoms with Crippen LogP contribution in [0.5, 0.6) is 0 Å². The molecule has 0 bridgehead atoms. The number of hydrogen-bond acceptors (Lipinski definition) is 4. The summed E-state index contributed by atoms with van der Waals surface area (Å²) in [4.78, 5) is 2.08. The Kier molecular flexibility index (Phi) is 5.21. The number of hydrogen-bond donors (Lipinski definition) is 1. The fourth-order valence-electron chi connectivity index (χ4n) is 2.63. The van der Waals surface area contributed by atoms with Gasteiger partial charge >= 0.3 is 0 Å². The van der Waals surface area contributed by atoms with Crippen LogP contribution in [0.4, 0.5) is 10.1 Å². The number of sulfonamides is 1. The second-order valence-electron chi connectivity index (χ2n) is 5.67. The lowest BCUT2D eigenvalue weighted by Crippen LogP contribution is -2.35. The molecule has 0 aromatic heterocycles. The molecule has 2 aromatic carbocycles. The van der Waals surface area contributed by atoms with E-state index in [2.05, 4.69) is 25.6 Å². The van der Waals surface area contributed by atoms with Crippen LogP contribution in [0.15, 0.2) is 56.2 Å². The van der Waals surface area contributed by atoms with E-state index in [1.54, 1.807) is 30.3 Å². The van der Waals surface area contributed by atoms with Crippen molar-refractivity contribution in [3.05, 3.63) is 58.3 Å². The summed E-state index contributed by atoms with van der Waals surface area (Å²) < 4.78 is 43.2. The summed E-state index contributed by atoms with van der Waals surface area (Å²) in [7, 11) is -3.72. The Hall–Kier alpha value is -1.77. The number of halogens is 2. The van der Waals surface area contributed by atoms with Crippen molar-refractivity contribution in [2.24, 2.45) is 4.40 Å². The van der Waals surface area contributed by atoms with E-state index in [9.17, 15) is 12.8 Å². The van der Waals surface area contributed by atoms with Crippen LogP contribution >= 0.6 is 15.9 Å². The zero-order chi connectivity index (χ0) is 18.0. The Morgan fingerprint density at radius 3 is 2.72 bits per heavy atom. The fourth-order valence-corrected chi connectivity index (χ4v) is 4.18. The van der Waals surface area contributed by atoms with Crippen molar-refractivity contribution in [1.29, 1.82) is 0 Å². The predicted molar refractivity (Wildman–Crippen MR) is 99.7 cm³/mol. The predicted octanol–water partition coefficient (Wildman–Crippen LogP) is 3.62. The fraction of sp³-hybridized carbons (Fsp3) is 0.235. The average molecular weight is 426 g/mol. The second-order valence-corrected chi connectivity index (χ2v) is 8.16. The third-order valence-electron chi connectivity index (χ3n) is 3.90. The number of anilines is 1. The Morgan fingerprint density at radius 1 is 1.20 bits per heavy atom. The van der Waals surface area contributed by atoms with Gasteiger partial charge in [-0.25, -0.2) is 4.39 Å². The van der Waals surface area contributed by atoms with E-state index in [1.165, 1.54) is 12.1 Å². The van der Waals surface area contributed by atoms with Crippen LogP contribution in [-0.4, -0.2) is 32.2 Å². The molecule has 132 valence electrons. The van der Waals surface area contributed by atoms with Crippen molar-refractivity contribution in [1.82, 2.24) is 4.90 Å². The quantitative estimate of drug-likeness (QED) is 0.794. The molecule has 8 heteroatoms. The summed E-state index contributed by atoms with van der Waals surface area (Å²) in [6.07, 6.45) is 0. The average Bonchev–Trinajstić information content (AvgIpc) is 2.57. The summed E-state index contributed by atoms with van der Waals surface area (Å²) in [5.74, 6) is 0.0362.